The Labute approximate surface area is 104 Å². The Morgan fingerprint density at radius 3 is 2.50 bits per heavy atom. The fourth-order valence-electron chi connectivity index (χ4n) is 1.32. The predicted molar refractivity (Wildman–Crippen MR) is 67.2 cm³/mol. The van der Waals surface area contributed by atoms with E-state index in [1.165, 1.54) is 32.0 Å². The van der Waals surface area contributed by atoms with Gasteiger partial charge in [0.15, 0.2) is 0 Å². The molecule has 0 spiro atoms. The van der Waals surface area contributed by atoms with Crippen molar-refractivity contribution < 1.29 is 17.0 Å². The van der Waals surface area contributed by atoms with E-state index in [0.717, 1.165) is 0 Å². The lowest BCUT2D eigenvalue weighted by atomic mass is 10.2. The number of fused-ring (bicyclic) bond motifs is 1. The van der Waals surface area contributed by atoms with E-state index < -0.39 is 21.0 Å². The molecular formula is C12H12O5S. The summed E-state index contributed by atoms with van der Waals surface area (Å²) in [5, 5.41) is 0.0554. The molecule has 5 nitrogen and oxygen atoms in total. The van der Waals surface area contributed by atoms with Crippen molar-refractivity contribution in [2.75, 3.05) is 0 Å². The van der Waals surface area contributed by atoms with E-state index in [4.69, 9.17) is 8.60 Å². The zero-order chi connectivity index (χ0) is 13.3. The molecule has 1 heterocycles. The quantitative estimate of drug-likeness (QED) is 0.628. The van der Waals surface area contributed by atoms with E-state index >= 15 is 0 Å². The Morgan fingerprint density at radius 2 is 1.83 bits per heavy atom. The normalized spacial score (nSPS) is 11.9. The van der Waals surface area contributed by atoms with Crippen molar-refractivity contribution in [3.05, 3.63) is 40.8 Å². The summed E-state index contributed by atoms with van der Waals surface area (Å²) in [5.41, 5.74) is -0.203. The predicted octanol–water partition coefficient (Wildman–Crippen LogP) is 1.91. The maximum Gasteiger partial charge on any atom is 0.336 e. The number of rotatable bonds is 3. The molecule has 6 heteroatoms. The molecule has 2 aromatic rings. The second kappa shape index (κ2) is 4.45. The molecule has 18 heavy (non-hydrogen) atoms. The molecule has 1 aromatic carbocycles. The third-order valence-electron chi connectivity index (χ3n) is 2.38. The van der Waals surface area contributed by atoms with E-state index in [9.17, 15) is 13.2 Å². The fraction of sp³-hybridized carbons (Fsp3) is 0.250. The van der Waals surface area contributed by atoms with Gasteiger partial charge >= 0.3 is 15.7 Å². The van der Waals surface area contributed by atoms with Gasteiger partial charge in [-0.2, -0.15) is 8.42 Å². The van der Waals surface area contributed by atoms with Crippen LogP contribution in [0, 0.1) is 0 Å². The topological polar surface area (TPSA) is 73.6 Å². The lowest BCUT2D eigenvalue weighted by Crippen LogP contribution is -2.19. The van der Waals surface area contributed by atoms with Crippen molar-refractivity contribution >= 4 is 21.1 Å². The minimum absolute atomic E-state index is 0.130. The van der Waals surface area contributed by atoms with Crippen LogP contribution in [-0.2, 0) is 10.1 Å². The first-order valence-corrected chi connectivity index (χ1v) is 6.83. The lowest BCUT2D eigenvalue weighted by Gasteiger charge is -2.09. The van der Waals surface area contributed by atoms with Crippen LogP contribution in [0.25, 0.3) is 11.0 Å². The molecule has 96 valence electrons. The van der Waals surface area contributed by atoms with E-state index in [1.807, 2.05) is 0 Å². The van der Waals surface area contributed by atoms with Gasteiger partial charge in [-0.1, -0.05) is 0 Å². The second-order valence-electron chi connectivity index (χ2n) is 4.08. The summed E-state index contributed by atoms with van der Waals surface area (Å²) in [5.74, 6) is 0.130. The molecule has 0 amide bonds. The van der Waals surface area contributed by atoms with Gasteiger partial charge in [0.1, 0.15) is 11.3 Å². The molecule has 0 unspecified atom stereocenters. The molecule has 0 saturated heterocycles. The number of hydrogen-bond acceptors (Lipinski definition) is 5. The van der Waals surface area contributed by atoms with Crippen LogP contribution in [0.15, 0.2) is 39.5 Å². The van der Waals surface area contributed by atoms with Gasteiger partial charge in [-0.05, 0) is 32.0 Å². The van der Waals surface area contributed by atoms with E-state index in [2.05, 4.69) is 0 Å². The molecule has 0 radical (unpaired) electrons. The smallest absolute Gasteiger partial charge is 0.336 e. The molecular weight excluding hydrogens is 256 g/mol. The standard InChI is InChI=1S/C12H12O5S/c1-8(2)18(14,15)17-10-5-3-9-4-6-12(13)16-11(9)7-10/h3-8H,1-2H3. The Bertz CT molecular complexity index is 727. The van der Waals surface area contributed by atoms with Gasteiger partial charge in [0.25, 0.3) is 0 Å². The largest absolute Gasteiger partial charge is 0.423 e. The van der Waals surface area contributed by atoms with Crippen LogP contribution in [-0.4, -0.2) is 13.7 Å². The summed E-state index contributed by atoms with van der Waals surface area (Å²) >= 11 is 0. The Kier molecular flexibility index (Phi) is 3.13. The molecule has 0 aliphatic heterocycles. The van der Waals surface area contributed by atoms with Gasteiger partial charge < -0.3 is 8.60 Å². The van der Waals surface area contributed by atoms with Crippen molar-refractivity contribution in [3.63, 3.8) is 0 Å². The molecule has 0 saturated carbocycles. The van der Waals surface area contributed by atoms with E-state index in [-0.39, 0.29) is 5.75 Å². The summed E-state index contributed by atoms with van der Waals surface area (Å²) in [6.07, 6.45) is 0. The van der Waals surface area contributed by atoms with Crippen molar-refractivity contribution in [2.45, 2.75) is 19.1 Å². The first-order valence-electron chi connectivity index (χ1n) is 5.36. The highest BCUT2D eigenvalue weighted by Crippen LogP contribution is 2.21. The Balaban J connectivity index is 2.45. The Hall–Kier alpha value is -1.82. The van der Waals surface area contributed by atoms with Crippen LogP contribution < -0.4 is 9.81 Å². The molecule has 0 N–H and O–H groups in total. The molecule has 0 aliphatic rings. The third kappa shape index (κ3) is 2.53. The summed E-state index contributed by atoms with van der Waals surface area (Å²) in [7, 11) is -3.65. The molecule has 0 bridgehead atoms. The highest BCUT2D eigenvalue weighted by molar-refractivity contribution is 7.87. The van der Waals surface area contributed by atoms with Crippen LogP contribution in [0.3, 0.4) is 0 Å². The van der Waals surface area contributed by atoms with Crippen molar-refractivity contribution in [1.29, 1.82) is 0 Å². The molecule has 0 fully saturated rings. The van der Waals surface area contributed by atoms with Crippen LogP contribution >= 0.6 is 0 Å². The monoisotopic (exact) mass is 268 g/mol. The van der Waals surface area contributed by atoms with Crippen molar-refractivity contribution in [3.8, 4) is 5.75 Å². The van der Waals surface area contributed by atoms with Crippen LogP contribution in [0.4, 0.5) is 0 Å². The van der Waals surface area contributed by atoms with E-state index in [0.29, 0.717) is 11.0 Å². The van der Waals surface area contributed by atoms with Gasteiger partial charge in [0, 0.05) is 17.5 Å². The summed E-state index contributed by atoms with van der Waals surface area (Å²) in [6, 6.07) is 7.43. The second-order valence-corrected chi connectivity index (χ2v) is 6.17. The van der Waals surface area contributed by atoms with Crippen LogP contribution in [0.1, 0.15) is 13.8 Å². The van der Waals surface area contributed by atoms with Gasteiger partial charge in [-0.3, -0.25) is 0 Å². The molecule has 0 aliphatic carbocycles. The number of benzene rings is 1. The van der Waals surface area contributed by atoms with E-state index in [1.54, 1.807) is 12.1 Å². The maximum atomic E-state index is 11.6. The molecule has 1 aromatic heterocycles. The summed E-state index contributed by atoms with van der Waals surface area (Å²) in [4.78, 5) is 11.1. The minimum atomic E-state index is -3.65. The van der Waals surface area contributed by atoms with Crippen LogP contribution in [0.5, 0.6) is 5.75 Å². The Morgan fingerprint density at radius 1 is 1.17 bits per heavy atom. The summed E-state index contributed by atoms with van der Waals surface area (Å²) < 4.78 is 33.0. The molecule has 2 rings (SSSR count). The van der Waals surface area contributed by atoms with Gasteiger partial charge in [-0.15, -0.1) is 0 Å². The SMILES string of the molecule is CC(C)S(=O)(=O)Oc1ccc2ccc(=O)oc2c1. The van der Waals surface area contributed by atoms with Gasteiger partial charge in [0.05, 0.1) is 5.25 Å². The minimum Gasteiger partial charge on any atom is -0.423 e. The number of hydrogen-bond donors (Lipinski definition) is 0. The fourth-order valence-corrected chi connectivity index (χ4v) is 1.89. The molecule has 0 atom stereocenters. The van der Waals surface area contributed by atoms with Crippen LogP contribution in [0.2, 0.25) is 0 Å². The van der Waals surface area contributed by atoms with Crippen molar-refractivity contribution in [1.82, 2.24) is 0 Å². The first-order chi connectivity index (χ1) is 8.38. The third-order valence-corrected chi connectivity index (χ3v) is 3.96. The highest BCUT2D eigenvalue weighted by Gasteiger charge is 2.18. The van der Waals surface area contributed by atoms with Gasteiger partial charge in [-0.25, -0.2) is 4.79 Å². The summed E-state index contributed by atoms with van der Waals surface area (Å²) in [6.45, 7) is 3.05. The average molecular weight is 268 g/mol. The first kappa shape index (κ1) is 12.6. The van der Waals surface area contributed by atoms with Gasteiger partial charge in [0.2, 0.25) is 0 Å². The average Bonchev–Trinajstić information content (AvgIpc) is 2.27. The van der Waals surface area contributed by atoms with Crippen molar-refractivity contribution in [2.24, 2.45) is 0 Å². The maximum absolute atomic E-state index is 11.6. The zero-order valence-corrected chi connectivity index (χ0v) is 10.7. The zero-order valence-electron chi connectivity index (χ0n) is 9.91. The highest BCUT2D eigenvalue weighted by atomic mass is 32.2. The lowest BCUT2D eigenvalue weighted by molar-refractivity contribution is 0.476.